The number of sulfonamides is 1. The molecule has 1 fully saturated rings. The number of ketones is 1. The van der Waals surface area contributed by atoms with Crippen molar-refractivity contribution in [1.29, 1.82) is 0 Å². The maximum absolute atomic E-state index is 12.6. The number of carbonyl (C=O) groups is 1. The summed E-state index contributed by atoms with van der Waals surface area (Å²) in [6.45, 7) is 5.86. The van der Waals surface area contributed by atoms with Gasteiger partial charge in [-0.25, -0.2) is 8.42 Å². The van der Waals surface area contributed by atoms with E-state index in [1.165, 1.54) is 4.31 Å². The third-order valence-electron chi connectivity index (χ3n) is 3.55. The topological polar surface area (TPSA) is 54.5 Å². The Balaban J connectivity index is 2.35. The van der Waals surface area contributed by atoms with Crippen LogP contribution < -0.4 is 0 Å². The summed E-state index contributed by atoms with van der Waals surface area (Å²) in [4.78, 5) is 11.9. The van der Waals surface area contributed by atoms with Gasteiger partial charge in [0.25, 0.3) is 0 Å². The molecule has 1 heterocycles. The molecular formula is C14H18BrNO3S. The average molecular weight is 360 g/mol. The Morgan fingerprint density at radius 2 is 1.80 bits per heavy atom. The highest BCUT2D eigenvalue weighted by molar-refractivity contribution is 9.10. The van der Waals surface area contributed by atoms with Crippen molar-refractivity contribution in [3.63, 3.8) is 0 Å². The van der Waals surface area contributed by atoms with Crippen molar-refractivity contribution >= 4 is 31.7 Å². The lowest BCUT2D eigenvalue weighted by Gasteiger charge is -2.38. The summed E-state index contributed by atoms with van der Waals surface area (Å²) in [5.41, 5.74) is 0.334. The number of alkyl halides is 1. The Kier molecular flexibility index (Phi) is 4.10. The summed E-state index contributed by atoms with van der Waals surface area (Å²) in [6.07, 6.45) is 0. The fourth-order valence-electron chi connectivity index (χ4n) is 2.31. The smallest absolute Gasteiger partial charge is 0.243 e. The van der Waals surface area contributed by atoms with Gasteiger partial charge in [-0.05, 0) is 19.1 Å². The van der Waals surface area contributed by atoms with E-state index in [4.69, 9.17) is 0 Å². The van der Waals surface area contributed by atoms with Gasteiger partial charge in [-0.2, -0.15) is 4.31 Å². The van der Waals surface area contributed by atoms with E-state index in [9.17, 15) is 13.2 Å². The van der Waals surface area contributed by atoms with Gasteiger partial charge in [0.1, 0.15) is 0 Å². The molecule has 0 aromatic heterocycles. The molecule has 110 valence electrons. The van der Waals surface area contributed by atoms with E-state index in [-0.39, 0.29) is 23.8 Å². The highest BCUT2D eigenvalue weighted by atomic mass is 79.9. The number of nitrogens with zero attached hydrogens (tertiary/aromatic N) is 1. The van der Waals surface area contributed by atoms with Crippen LogP contribution in [0.4, 0.5) is 0 Å². The fourth-order valence-corrected chi connectivity index (χ4v) is 5.09. The van der Waals surface area contributed by atoms with Crippen molar-refractivity contribution in [2.24, 2.45) is 5.41 Å². The van der Waals surface area contributed by atoms with E-state index >= 15 is 0 Å². The van der Waals surface area contributed by atoms with Crippen LogP contribution in [0.2, 0.25) is 0 Å². The lowest BCUT2D eigenvalue weighted by molar-refractivity contribution is -0.129. The lowest BCUT2D eigenvalue weighted by Crippen LogP contribution is -2.53. The Morgan fingerprint density at radius 3 is 2.30 bits per heavy atom. The van der Waals surface area contributed by atoms with Crippen LogP contribution in [0, 0.1) is 12.3 Å². The van der Waals surface area contributed by atoms with Gasteiger partial charge in [0.2, 0.25) is 10.0 Å². The maximum Gasteiger partial charge on any atom is 0.243 e. The first-order chi connectivity index (χ1) is 9.14. The fraction of sp³-hybridized carbons (Fsp3) is 0.500. The molecular weight excluding hydrogens is 342 g/mol. The second kappa shape index (κ2) is 5.24. The summed E-state index contributed by atoms with van der Waals surface area (Å²) in [5.74, 6) is 0.0489. The van der Waals surface area contributed by atoms with E-state index < -0.39 is 20.3 Å². The van der Waals surface area contributed by atoms with Gasteiger partial charge in [0.15, 0.2) is 5.78 Å². The quantitative estimate of drug-likeness (QED) is 0.761. The molecule has 1 atom stereocenters. The standard InChI is InChI=1S/C14H18BrNO3S/c1-10-4-6-11(7-5-10)20(18,19)16-8-12(15)13(17)14(2,3)9-16/h4-7,12H,8-9H2,1-3H3/t12-/m0/s1. The van der Waals surface area contributed by atoms with Gasteiger partial charge in [-0.15, -0.1) is 0 Å². The third kappa shape index (κ3) is 2.82. The Morgan fingerprint density at radius 1 is 1.25 bits per heavy atom. The normalized spacial score (nSPS) is 23.8. The van der Waals surface area contributed by atoms with Gasteiger partial charge >= 0.3 is 0 Å². The van der Waals surface area contributed by atoms with Crippen LogP contribution in [-0.2, 0) is 14.8 Å². The second-order valence-corrected chi connectivity index (χ2v) is 8.87. The van der Waals surface area contributed by atoms with Crippen LogP contribution in [0.25, 0.3) is 0 Å². The number of benzene rings is 1. The van der Waals surface area contributed by atoms with Gasteiger partial charge in [-0.3, -0.25) is 4.79 Å². The van der Waals surface area contributed by atoms with Crippen molar-refractivity contribution in [2.45, 2.75) is 30.5 Å². The van der Waals surface area contributed by atoms with Crippen molar-refractivity contribution in [2.75, 3.05) is 13.1 Å². The van der Waals surface area contributed by atoms with Gasteiger partial charge < -0.3 is 0 Å². The Labute approximate surface area is 128 Å². The number of halogens is 1. The maximum atomic E-state index is 12.6. The number of piperidine rings is 1. The van der Waals surface area contributed by atoms with E-state index in [0.717, 1.165) is 5.56 Å². The molecule has 6 heteroatoms. The molecule has 0 bridgehead atoms. The molecule has 1 aromatic rings. The summed E-state index contributed by atoms with van der Waals surface area (Å²) in [7, 11) is -3.56. The molecule has 0 spiro atoms. The number of aryl methyl sites for hydroxylation is 1. The molecule has 0 amide bonds. The zero-order valence-electron chi connectivity index (χ0n) is 11.8. The van der Waals surface area contributed by atoms with E-state index in [0.29, 0.717) is 0 Å². The van der Waals surface area contributed by atoms with Crippen molar-refractivity contribution < 1.29 is 13.2 Å². The SMILES string of the molecule is Cc1ccc(S(=O)(=O)N2C[C@H](Br)C(=O)C(C)(C)C2)cc1. The van der Waals surface area contributed by atoms with Crippen LogP contribution in [0.15, 0.2) is 29.2 Å². The van der Waals surface area contributed by atoms with Crippen LogP contribution in [0.5, 0.6) is 0 Å². The molecule has 1 aliphatic heterocycles. The molecule has 0 unspecified atom stereocenters. The first-order valence-corrected chi connectivity index (χ1v) is 8.75. The minimum Gasteiger partial charge on any atom is -0.298 e. The van der Waals surface area contributed by atoms with Gasteiger partial charge in [-0.1, -0.05) is 47.5 Å². The van der Waals surface area contributed by atoms with Crippen molar-refractivity contribution in [3.05, 3.63) is 29.8 Å². The third-order valence-corrected chi connectivity index (χ3v) is 6.08. The Bertz CT molecular complexity index is 622. The van der Waals surface area contributed by atoms with Gasteiger partial charge in [0, 0.05) is 18.5 Å². The predicted molar refractivity (Wildman–Crippen MR) is 81.4 cm³/mol. The lowest BCUT2D eigenvalue weighted by atomic mass is 9.84. The summed E-state index contributed by atoms with van der Waals surface area (Å²) in [6, 6.07) is 6.77. The number of Topliss-reactive ketones (excluding diaryl/α,β-unsaturated/α-hetero) is 1. The predicted octanol–water partition coefficient (Wildman–Crippen LogP) is 2.36. The van der Waals surface area contributed by atoms with Gasteiger partial charge in [0.05, 0.1) is 9.72 Å². The monoisotopic (exact) mass is 359 g/mol. The molecule has 4 nitrogen and oxygen atoms in total. The largest absolute Gasteiger partial charge is 0.298 e. The zero-order valence-corrected chi connectivity index (χ0v) is 14.2. The molecule has 1 aromatic carbocycles. The van der Waals surface area contributed by atoms with E-state index in [1.807, 2.05) is 6.92 Å². The number of hydrogen-bond donors (Lipinski definition) is 0. The minimum atomic E-state index is -3.56. The van der Waals surface area contributed by atoms with E-state index in [2.05, 4.69) is 15.9 Å². The van der Waals surface area contributed by atoms with Crippen molar-refractivity contribution in [3.8, 4) is 0 Å². The molecule has 0 aliphatic carbocycles. The van der Waals surface area contributed by atoms with Crippen LogP contribution in [0.1, 0.15) is 19.4 Å². The first-order valence-electron chi connectivity index (χ1n) is 6.40. The summed E-state index contributed by atoms with van der Waals surface area (Å²) < 4.78 is 26.7. The zero-order chi connectivity index (χ0) is 15.1. The number of hydrogen-bond acceptors (Lipinski definition) is 3. The molecule has 1 saturated heterocycles. The first kappa shape index (κ1) is 15.7. The molecule has 1 aliphatic rings. The van der Waals surface area contributed by atoms with Crippen molar-refractivity contribution in [1.82, 2.24) is 4.31 Å². The van der Waals surface area contributed by atoms with Crippen LogP contribution in [-0.4, -0.2) is 36.4 Å². The van der Waals surface area contributed by atoms with Crippen LogP contribution in [0.3, 0.4) is 0 Å². The molecule has 20 heavy (non-hydrogen) atoms. The summed E-state index contributed by atoms with van der Waals surface area (Å²) in [5, 5.41) is 0. The molecule has 0 N–H and O–H groups in total. The molecule has 2 rings (SSSR count). The second-order valence-electron chi connectivity index (χ2n) is 5.83. The van der Waals surface area contributed by atoms with E-state index in [1.54, 1.807) is 38.1 Å². The van der Waals surface area contributed by atoms with Crippen LogP contribution >= 0.6 is 15.9 Å². The molecule has 0 radical (unpaired) electrons. The average Bonchev–Trinajstić information content (AvgIpc) is 2.35. The highest BCUT2D eigenvalue weighted by Crippen LogP contribution is 2.32. The number of carbonyl (C=O) groups excluding carboxylic acids is 1. The highest BCUT2D eigenvalue weighted by Gasteiger charge is 2.44. The Hall–Kier alpha value is -0.720. The minimum absolute atomic E-state index is 0.0489. The summed E-state index contributed by atoms with van der Waals surface area (Å²) >= 11 is 3.29. The molecule has 0 saturated carbocycles. The number of rotatable bonds is 2.